The minimum atomic E-state index is 0. The quantitative estimate of drug-likeness (QED) is 0.541. The van der Waals surface area contributed by atoms with Crippen molar-refractivity contribution in [3.8, 4) is 0 Å². The maximum absolute atomic E-state index is 2.25. The van der Waals surface area contributed by atoms with E-state index >= 15 is 0 Å². The Kier molecular flexibility index (Phi) is 32.1. The summed E-state index contributed by atoms with van der Waals surface area (Å²) >= 11 is 1.40. The Bertz CT molecular complexity index is 22.4. The second-order valence-corrected chi connectivity index (χ2v) is 2.71. The molecule has 0 fully saturated rings. The summed E-state index contributed by atoms with van der Waals surface area (Å²) in [6.45, 7) is 2.25. The molecule has 0 spiro atoms. The van der Waals surface area contributed by atoms with Crippen molar-refractivity contribution < 1.29 is 0 Å². The summed E-state index contributed by atoms with van der Waals surface area (Å²) in [5, 5.41) is 1.49. The first-order chi connectivity index (χ1) is 2.91. The number of unbranched alkanes of at least 4 members (excludes halogenated alkanes) is 2. The fourth-order valence-electron chi connectivity index (χ4n) is 0.500. The largest absolute Gasteiger partial charge is 0.211 e. The molecule has 0 radical (unpaired) electrons. The van der Waals surface area contributed by atoms with E-state index in [0.717, 1.165) is 0 Å². The molecule has 0 aromatic heterocycles. The summed E-state index contributed by atoms with van der Waals surface area (Å²) in [4.78, 5) is 0. The Hall–Kier alpha value is 1.49. The monoisotopic (exact) mass is 260 g/mol. The summed E-state index contributed by atoms with van der Waals surface area (Å²) < 4.78 is 0. The molecule has 52 valence electrons. The molecule has 0 rings (SSSR count). The van der Waals surface area contributed by atoms with Gasteiger partial charge in [0, 0.05) is 0 Å². The molecule has 0 unspecified atom stereocenters. The van der Waals surface area contributed by atoms with Crippen LogP contribution < -0.4 is 0 Å². The normalized spacial score (nSPS) is 6.62. The van der Waals surface area contributed by atoms with Crippen molar-refractivity contribution >= 4 is 50.3 Å². The van der Waals surface area contributed by atoms with Crippen LogP contribution in [0.4, 0.5) is 0 Å². The molecule has 0 aliphatic carbocycles. The smallest absolute Gasteiger partial charge is 0.114 e. The predicted octanol–water partition coefficient (Wildman–Crippen LogP) is 2.38. The summed E-state index contributed by atoms with van der Waals surface area (Å²) in [6, 6.07) is 0. The summed E-state index contributed by atoms with van der Waals surface area (Å²) in [7, 11) is 0. The SMILES string of the molecule is Br.Br.CCCC[CH2][AlH2]. The first-order valence-electron chi connectivity index (χ1n) is 2.91. The van der Waals surface area contributed by atoms with Gasteiger partial charge in [0.25, 0.3) is 0 Å². The molecular formula is C5H15AlBr2. The topological polar surface area (TPSA) is 0 Å². The fraction of sp³-hybridized carbons (Fsp3) is 1.00. The predicted molar refractivity (Wildman–Crippen MR) is 53.5 cm³/mol. The zero-order valence-electron chi connectivity index (χ0n) is 5.64. The lowest BCUT2D eigenvalue weighted by Gasteiger charge is -1.86. The third-order valence-corrected chi connectivity index (χ3v) is 1.66. The number of halogens is 2. The zero-order chi connectivity index (χ0) is 4.83. The van der Waals surface area contributed by atoms with Gasteiger partial charge in [0.1, 0.15) is 0 Å². The van der Waals surface area contributed by atoms with Crippen LogP contribution in [0.2, 0.25) is 5.28 Å². The Labute approximate surface area is 81.4 Å². The van der Waals surface area contributed by atoms with Gasteiger partial charge in [-0.2, -0.15) is 0 Å². The van der Waals surface area contributed by atoms with Crippen LogP contribution >= 0.6 is 34.0 Å². The van der Waals surface area contributed by atoms with Gasteiger partial charge in [0.05, 0.1) is 0 Å². The Morgan fingerprint density at radius 3 is 1.75 bits per heavy atom. The van der Waals surface area contributed by atoms with Gasteiger partial charge in [0.15, 0.2) is 0 Å². The van der Waals surface area contributed by atoms with Gasteiger partial charge in [-0.25, -0.2) is 0 Å². The van der Waals surface area contributed by atoms with E-state index in [1.807, 2.05) is 0 Å². The van der Waals surface area contributed by atoms with Gasteiger partial charge in [-0.3, -0.25) is 0 Å². The van der Waals surface area contributed by atoms with Crippen molar-refractivity contribution in [1.82, 2.24) is 0 Å². The third kappa shape index (κ3) is 15.6. The first-order valence-corrected chi connectivity index (χ1v) is 4.33. The van der Waals surface area contributed by atoms with Crippen molar-refractivity contribution in [3.05, 3.63) is 0 Å². The lowest BCUT2D eigenvalue weighted by atomic mass is 10.3. The van der Waals surface area contributed by atoms with Crippen LogP contribution in [0, 0.1) is 0 Å². The van der Waals surface area contributed by atoms with Crippen molar-refractivity contribution in [2.24, 2.45) is 0 Å². The lowest BCUT2D eigenvalue weighted by molar-refractivity contribution is 0.771. The molecule has 0 N–H and O–H groups in total. The van der Waals surface area contributed by atoms with E-state index in [-0.39, 0.29) is 34.0 Å². The van der Waals surface area contributed by atoms with Crippen LogP contribution in [-0.4, -0.2) is 16.3 Å². The van der Waals surface area contributed by atoms with Crippen LogP contribution in [-0.2, 0) is 0 Å². The average molecular weight is 262 g/mol. The Morgan fingerprint density at radius 1 is 1.12 bits per heavy atom. The molecular weight excluding hydrogens is 247 g/mol. The zero-order valence-corrected chi connectivity index (χ0v) is 11.1. The van der Waals surface area contributed by atoms with E-state index in [9.17, 15) is 0 Å². The first kappa shape index (κ1) is 16.2. The second-order valence-electron chi connectivity index (χ2n) is 1.71. The van der Waals surface area contributed by atoms with Crippen LogP contribution in [0.25, 0.3) is 0 Å². The average Bonchev–Trinajstić information content (AvgIpc) is 1.61. The standard InChI is InChI=1S/C5H11.Al.2BrH.2H/c1-3-5-4-2;;;;;/h1,3-5H2,2H3;;2*1H;;. The van der Waals surface area contributed by atoms with Crippen LogP contribution in [0.1, 0.15) is 26.2 Å². The van der Waals surface area contributed by atoms with Gasteiger partial charge < -0.3 is 0 Å². The van der Waals surface area contributed by atoms with E-state index in [0.29, 0.717) is 0 Å². The molecule has 0 aliphatic rings. The van der Waals surface area contributed by atoms with Crippen molar-refractivity contribution in [3.63, 3.8) is 0 Å². The van der Waals surface area contributed by atoms with Gasteiger partial charge in [-0.15, -0.1) is 39.2 Å². The minimum Gasteiger partial charge on any atom is -0.114 e. The van der Waals surface area contributed by atoms with E-state index in [1.54, 1.807) is 0 Å². The number of rotatable bonds is 3. The molecule has 3 heteroatoms. The van der Waals surface area contributed by atoms with Crippen LogP contribution in [0.3, 0.4) is 0 Å². The molecule has 0 nitrogen and oxygen atoms in total. The molecule has 0 heterocycles. The highest BCUT2D eigenvalue weighted by Gasteiger charge is 1.76. The van der Waals surface area contributed by atoms with Gasteiger partial charge >= 0.3 is 0 Å². The number of hydrogen-bond donors (Lipinski definition) is 0. The minimum absolute atomic E-state index is 0. The Balaban J connectivity index is -0.000000125. The molecule has 0 bridgehead atoms. The molecule has 0 saturated carbocycles. The maximum atomic E-state index is 2.25. The Morgan fingerprint density at radius 2 is 1.62 bits per heavy atom. The van der Waals surface area contributed by atoms with Crippen LogP contribution in [0.15, 0.2) is 0 Å². The highest BCUT2D eigenvalue weighted by molar-refractivity contribution is 8.93. The van der Waals surface area contributed by atoms with Crippen LogP contribution in [0.5, 0.6) is 0 Å². The molecule has 0 amide bonds. The van der Waals surface area contributed by atoms with E-state index in [4.69, 9.17) is 0 Å². The third-order valence-electron chi connectivity index (χ3n) is 0.957. The summed E-state index contributed by atoms with van der Waals surface area (Å²) in [6.07, 6.45) is 4.30. The van der Waals surface area contributed by atoms with E-state index in [1.165, 1.54) is 40.8 Å². The second kappa shape index (κ2) is 15.8. The van der Waals surface area contributed by atoms with Gasteiger partial charge in [-0.1, -0.05) is 26.2 Å². The molecule has 0 aliphatic heterocycles. The molecule has 0 aromatic rings. The summed E-state index contributed by atoms with van der Waals surface area (Å²) in [5.41, 5.74) is 0. The molecule has 0 atom stereocenters. The molecule has 0 aromatic carbocycles. The lowest BCUT2D eigenvalue weighted by Crippen LogP contribution is -1.69. The highest BCUT2D eigenvalue weighted by atomic mass is 79.9. The van der Waals surface area contributed by atoms with Crippen molar-refractivity contribution in [2.45, 2.75) is 31.5 Å². The van der Waals surface area contributed by atoms with Gasteiger partial charge in [-0.05, 0) is 0 Å². The van der Waals surface area contributed by atoms with E-state index < -0.39 is 0 Å². The maximum Gasteiger partial charge on any atom is 0.211 e. The summed E-state index contributed by atoms with van der Waals surface area (Å²) in [5.74, 6) is 0. The van der Waals surface area contributed by atoms with Crippen molar-refractivity contribution in [2.75, 3.05) is 0 Å². The van der Waals surface area contributed by atoms with E-state index in [2.05, 4.69) is 6.92 Å². The molecule has 0 saturated heterocycles. The van der Waals surface area contributed by atoms with Gasteiger partial charge in [0.2, 0.25) is 16.3 Å². The highest BCUT2D eigenvalue weighted by Crippen LogP contribution is 1.94. The number of hydrogen-bond acceptors (Lipinski definition) is 0. The fourth-order valence-corrected chi connectivity index (χ4v) is 1.000. The molecule has 8 heavy (non-hydrogen) atoms. The van der Waals surface area contributed by atoms with Crippen molar-refractivity contribution in [1.29, 1.82) is 0 Å².